The Morgan fingerprint density at radius 1 is 0.971 bits per heavy atom. The Kier molecular flexibility index (Phi) is 9.56. The second kappa shape index (κ2) is 12.2. The van der Waals surface area contributed by atoms with Crippen molar-refractivity contribution in [1.82, 2.24) is 5.32 Å². The number of benzene rings is 3. The topological polar surface area (TPSA) is 66.5 Å². The number of nitrogens with zero attached hydrogens (tertiary/aromatic N) is 1. The molecular formula is C24H23Cl3N2O3S2. The van der Waals surface area contributed by atoms with Gasteiger partial charge in [0.25, 0.3) is 10.0 Å². The molecule has 5 nitrogen and oxygen atoms in total. The predicted octanol–water partition coefficient (Wildman–Crippen LogP) is 6.20. The minimum Gasteiger partial charge on any atom is -0.354 e. The lowest BCUT2D eigenvalue weighted by Crippen LogP contribution is -2.41. The Bertz CT molecular complexity index is 1250. The molecular weight excluding hydrogens is 535 g/mol. The summed E-state index contributed by atoms with van der Waals surface area (Å²) in [6, 6.07) is 18.4. The van der Waals surface area contributed by atoms with Crippen molar-refractivity contribution in [2.24, 2.45) is 0 Å². The Morgan fingerprint density at radius 2 is 1.71 bits per heavy atom. The lowest BCUT2D eigenvalue weighted by atomic mass is 10.2. The lowest BCUT2D eigenvalue weighted by molar-refractivity contribution is -0.119. The number of nitrogens with one attached hydrogen (secondary N) is 1. The van der Waals surface area contributed by atoms with Gasteiger partial charge in [-0.1, -0.05) is 64.6 Å². The van der Waals surface area contributed by atoms with Crippen molar-refractivity contribution < 1.29 is 13.2 Å². The first kappa shape index (κ1) is 26.7. The molecule has 1 amide bonds. The normalized spacial score (nSPS) is 11.3. The molecule has 0 radical (unpaired) electrons. The largest absolute Gasteiger partial charge is 0.354 e. The summed E-state index contributed by atoms with van der Waals surface area (Å²) in [7, 11) is -3.98. The highest BCUT2D eigenvalue weighted by Gasteiger charge is 2.27. The molecule has 0 saturated heterocycles. The molecule has 0 heterocycles. The molecule has 0 saturated carbocycles. The molecule has 1 N–H and O–H groups in total. The first-order valence-electron chi connectivity index (χ1n) is 10.3. The van der Waals surface area contributed by atoms with Crippen molar-refractivity contribution in [2.75, 3.05) is 23.1 Å². The highest BCUT2D eigenvalue weighted by Crippen LogP contribution is 2.27. The molecule has 0 atom stereocenters. The fraction of sp³-hybridized carbons (Fsp3) is 0.208. The molecule has 0 spiro atoms. The van der Waals surface area contributed by atoms with E-state index < -0.39 is 15.9 Å². The van der Waals surface area contributed by atoms with Crippen molar-refractivity contribution >= 4 is 68.2 Å². The zero-order chi connectivity index (χ0) is 24.7. The van der Waals surface area contributed by atoms with Gasteiger partial charge in [0.05, 0.1) is 20.6 Å². The van der Waals surface area contributed by atoms with Crippen molar-refractivity contribution in [2.45, 2.75) is 17.6 Å². The third-order valence-corrected chi connectivity index (χ3v) is 8.61. The van der Waals surface area contributed by atoms with Crippen molar-refractivity contribution in [1.29, 1.82) is 0 Å². The third-order valence-electron chi connectivity index (χ3n) is 4.81. The molecule has 0 aliphatic heterocycles. The van der Waals surface area contributed by atoms with Gasteiger partial charge >= 0.3 is 0 Å². The van der Waals surface area contributed by atoms with E-state index in [1.54, 1.807) is 48.2 Å². The fourth-order valence-corrected chi connectivity index (χ4v) is 5.78. The van der Waals surface area contributed by atoms with E-state index in [9.17, 15) is 13.2 Å². The quantitative estimate of drug-likeness (QED) is 0.301. The zero-order valence-corrected chi connectivity index (χ0v) is 22.2. The summed E-state index contributed by atoms with van der Waals surface area (Å²) in [5.41, 5.74) is 2.28. The summed E-state index contributed by atoms with van der Waals surface area (Å²) in [4.78, 5) is 12.8. The summed E-state index contributed by atoms with van der Waals surface area (Å²) in [6.07, 6.45) is 0. The van der Waals surface area contributed by atoms with Crippen LogP contribution in [0, 0.1) is 6.92 Å². The second-order valence-corrected chi connectivity index (χ2v) is 11.7. The van der Waals surface area contributed by atoms with Crippen LogP contribution in [-0.2, 0) is 20.6 Å². The molecule has 0 fully saturated rings. The molecule has 0 bridgehead atoms. The fourth-order valence-electron chi connectivity index (χ4n) is 3.05. The monoisotopic (exact) mass is 556 g/mol. The molecule has 0 aliphatic rings. The molecule has 0 aliphatic carbocycles. The van der Waals surface area contributed by atoms with Crippen LogP contribution in [0.3, 0.4) is 0 Å². The molecule has 3 aromatic carbocycles. The number of halogens is 3. The Balaban J connectivity index is 1.63. The van der Waals surface area contributed by atoms with Gasteiger partial charge in [-0.2, -0.15) is 11.8 Å². The minimum atomic E-state index is -3.98. The number of aryl methyl sites for hydroxylation is 1. The number of carbonyl (C=O) groups excluding carboxylic acids is 1. The summed E-state index contributed by atoms with van der Waals surface area (Å²) in [5, 5.41) is 4.18. The van der Waals surface area contributed by atoms with Gasteiger partial charge in [-0.3, -0.25) is 9.10 Å². The van der Waals surface area contributed by atoms with Crippen molar-refractivity contribution in [3.05, 3.63) is 92.9 Å². The van der Waals surface area contributed by atoms with E-state index in [4.69, 9.17) is 34.8 Å². The number of thioether (sulfide) groups is 1. The van der Waals surface area contributed by atoms with Gasteiger partial charge in [0, 0.05) is 23.1 Å². The van der Waals surface area contributed by atoms with Gasteiger partial charge in [-0.25, -0.2) is 8.42 Å². The smallest absolute Gasteiger partial charge is 0.264 e. The minimum absolute atomic E-state index is 0.100. The number of hydrogen-bond acceptors (Lipinski definition) is 4. The van der Waals surface area contributed by atoms with Crippen LogP contribution in [0.4, 0.5) is 5.69 Å². The number of sulfonamides is 1. The number of anilines is 1. The van der Waals surface area contributed by atoms with Gasteiger partial charge < -0.3 is 5.32 Å². The van der Waals surface area contributed by atoms with Crippen LogP contribution in [0.1, 0.15) is 11.1 Å². The van der Waals surface area contributed by atoms with Crippen LogP contribution in [0.5, 0.6) is 0 Å². The number of rotatable bonds is 10. The molecule has 3 rings (SSSR count). The van der Waals surface area contributed by atoms with E-state index in [-0.39, 0.29) is 11.4 Å². The second-order valence-electron chi connectivity index (χ2n) is 7.46. The molecule has 3 aromatic rings. The number of carbonyl (C=O) groups is 1. The Labute approximate surface area is 219 Å². The maximum absolute atomic E-state index is 13.4. The summed E-state index contributed by atoms with van der Waals surface area (Å²) < 4.78 is 27.8. The van der Waals surface area contributed by atoms with Crippen LogP contribution in [0.25, 0.3) is 0 Å². The molecule has 10 heteroatoms. The maximum atomic E-state index is 13.4. The van der Waals surface area contributed by atoms with Crippen LogP contribution in [-0.4, -0.2) is 33.2 Å². The van der Waals surface area contributed by atoms with E-state index in [0.717, 1.165) is 15.4 Å². The number of amides is 1. The SMILES string of the molecule is Cc1ccc(S(=O)(=O)N(CC(=O)NCCSCc2ccc(Cl)c(Cl)c2)c2cccc(Cl)c2)cc1. The highest BCUT2D eigenvalue weighted by molar-refractivity contribution is 7.98. The predicted molar refractivity (Wildman–Crippen MR) is 143 cm³/mol. The van der Waals surface area contributed by atoms with Crippen LogP contribution in [0.2, 0.25) is 15.1 Å². The molecule has 0 unspecified atom stereocenters. The average Bonchev–Trinajstić information content (AvgIpc) is 2.79. The first-order chi connectivity index (χ1) is 16.2. The zero-order valence-electron chi connectivity index (χ0n) is 18.3. The van der Waals surface area contributed by atoms with Gasteiger partial charge in [0.15, 0.2) is 0 Å². The number of hydrogen-bond donors (Lipinski definition) is 1. The summed E-state index contributed by atoms with van der Waals surface area (Å²) in [6.45, 7) is 1.89. The van der Waals surface area contributed by atoms with E-state index in [1.807, 2.05) is 19.1 Å². The molecule has 34 heavy (non-hydrogen) atoms. The lowest BCUT2D eigenvalue weighted by Gasteiger charge is -2.24. The van der Waals surface area contributed by atoms with Crippen LogP contribution in [0.15, 0.2) is 71.6 Å². The Morgan fingerprint density at radius 3 is 2.38 bits per heavy atom. The van der Waals surface area contributed by atoms with E-state index in [0.29, 0.717) is 38.8 Å². The molecule has 0 aromatic heterocycles. The summed E-state index contributed by atoms with van der Waals surface area (Å²) >= 11 is 19.7. The van der Waals surface area contributed by atoms with Gasteiger partial charge in [-0.05, 0) is 55.0 Å². The van der Waals surface area contributed by atoms with Gasteiger partial charge in [0.1, 0.15) is 6.54 Å². The summed E-state index contributed by atoms with van der Waals surface area (Å²) in [5.74, 6) is 0.947. The van der Waals surface area contributed by atoms with Crippen molar-refractivity contribution in [3.8, 4) is 0 Å². The van der Waals surface area contributed by atoms with Crippen LogP contribution < -0.4 is 9.62 Å². The van der Waals surface area contributed by atoms with Crippen molar-refractivity contribution in [3.63, 3.8) is 0 Å². The van der Waals surface area contributed by atoms with E-state index >= 15 is 0 Å². The Hall–Kier alpha value is -1.90. The van der Waals surface area contributed by atoms with Gasteiger partial charge in [0.2, 0.25) is 5.91 Å². The maximum Gasteiger partial charge on any atom is 0.264 e. The van der Waals surface area contributed by atoms with Crippen LogP contribution >= 0.6 is 46.6 Å². The standard InChI is InChI=1S/C24H23Cl3N2O3S2/c1-17-5-8-21(9-6-17)34(31,32)29(20-4-2-3-19(25)14-20)15-24(30)28-11-12-33-16-18-7-10-22(26)23(27)13-18/h2-10,13-14H,11-12,15-16H2,1H3,(H,28,30). The van der Waals surface area contributed by atoms with E-state index in [1.165, 1.54) is 18.2 Å². The first-order valence-corrected chi connectivity index (χ1v) is 14.0. The molecule has 180 valence electrons. The third kappa shape index (κ3) is 7.30. The highest BCUT2D eigenvalue weighted by atomic mass is 35.5. The van der Waals surface area contributed by atoms with E-state index in [2.05, 4.69) is 5.32 Å². The van der Waals surface area contributed by atoms with Gasteiger partial charge in [-0.15, -0.1) is 0 Å². The average molecular weight is 558 g/mol.